The molecule has 32 heavy (non-hydrogen) atoms. The average Bonchev–Trinajstić information content (AvgIpc) is 3.09. The Hall–Kier alpha value is -2.15. The minimum atomic E-state index is -0.677. The summed E-state index contributed by atoms with van der Waals surface area (Å²) in [6, 6.07) is 14.2. The first-order chi connectivity index (χ1) is 14.9. The zero-order valence-corrected chi connectivity index (χ0v) is 21.0. The minimum Gasteiger partial charge on any atom is -0.486 e. The van der Waals surface area contributed by atoms with Crippen molar-refractivity contribution < 1.29 is 14.6 Å². The molecule has 0 radical (unpaired) electrons. The Bertz CT molecular complexity index is 1020. The van der Waals surface area contributed by atoms with E-state index in [1.54, 1.807) is 0 Å². The molecule has 0 aliphatic rings. The van der Waals surface area contributed by atoms with Crippen LogP contribution in [0.25, 0.3) is 10.2 Å². The van der Waals surface area contributed by atoms with E-state index in [0.717, 1.165) is 22.2 Å². The number of nitrogens with zero attached hydrogens (tertiary/aromatic N) is 1. The van der Waals surface area contributed by atoms with Crippen LogP contribution in [0.15, 0.2) is 42.5 Å². The molecule has 0 saturated carbocycles. The number of thiazole rings is 1. The van der Waals surface area contributed by atoms with Gasteiger partial charge in [-0.25, -0.2) is 0 Å². The second kappa shape index (κ2) is 9.77. The average molecular weight is 457 g/mol. The maximum atomic E-state index is 11.1. The molecule has 0 unspecified atom stereocenters. The number of ether oxygens (including phenoxy) is 2. The van der Waals surface area contributed by atoms with Crippen molar-refractivity contribution in [1.29, 1.82) is 0 Å². The van der Waals surface area contributed by atoms with E-state index >= 15 is 0 Å². The molecule has 3 aromatic rings. The summed E-state index contributed by atoms with van der Waals surface area (Å²) in [5, 5.41) is 15.2. The van der Waals surface area contributed by atoms with E-state index in [9.17, 15) is 5.11 Å². The fourth-order valence-electron chi connectivity index (χ4n) is 3.56. The highest BCUT2D eigenvalue weighted by atomic mass is 32.1. The first kappa shape index (κ1) is 24.5. The van der Waals surface area contributed by atoms with E-state index in [4.69, 9.17) is 9.47 Å². The monoisotopic (exact) mass is 456 g/mol. The summed E-state index contributed by atoms with van der Waals surface area (Å²) in [6.07, 6.45) is 0.223. The molecule has 0 bridgehead atoms. The number of fused-ring (bicyclic) bond motifs is 1. The van der Waals surface area contributed by atoms with Gasteiger partial charge in [0.15, 0.2) is 0 Å². The number of aromatic nitrogens is 1. The number of β-amino-alcohol motifs (C(OH)–C–C–N with tert-alkyl or cyclic N) is 1. The molecule has 174 valence electrons. The summed E-state index contributed by atoms with van der Waals surface area (Å²) in [4.78, 5) is 4.68. The van der Waals surface area contributed by atoms with E-state index in [1.807, 2.05) is 52.8 Å². The summed E-state index contributed by atoms with van der Waals surface area (Å²) in [6.45, 7) is 14.7. The lowest BCUT2D eigenvalue weighted by molar-refractivity contribution is 0.132. The molecule has 1 atom stereocenters. The van der Waals surface area contributed by atoms with E-state index in [1.165, 1.54) is 16.9 Å². The number of hydrogen-bond acceptors (Lipinski definition) is 6. The van der Waals surface area contributed by atoms with Crippen molar-refractivity contribution in [3.63, 3.8) is 0 Å². The van der Waals surface area contributed by atoms with Gasteiger partial charge in [0.2, 0.25) is 0 Å². The molecule has 2 N–H and O–H groups in total. The SMILES string of the molecule is CC(C)Oc1nc2c(OC(C)(C)C)ccc([C@@H](O)CNC(C)(C)Cc3ccccc3)c2s1. The van der Waals surface area contributed by atoms with Crippen LogP contribution in [-0.4, -0.2) is 33.9 Å². The molecule has 1 heterocycles. The molecule has 5 nitrogen and oxygen atoms in total. The van der Waals surface area contributed by atoms with Crippen LogP contribution in [0, 0.1) is 0 Å². The van der Waals surface area contributed by atoms with Crippen LogP contribution >= 0.6 is 11.3 Å². The third-order valence-electron chi connectivity index (χ3n) is 4.89. The fourth-order valence-corrected chi connectivity index (χ4v) is 4.68. The van der Waals surface area contributed by atoms with E-state index in [0.29, 0.717) is 17.5 Å². The van der Waals surface area contributed by atoms with Crippen LogP contribution in [0.3, 0.4) is 0 Å². The number of nitrogens with one attached hydrogen (secondary N) is 1. The molecular weight excluding hydrogens is 420 g/mol. The number of benzene rings is 2. The molecular formula is C26H36N2O3S. The number of aliphatic hydroxyl groups excluding tert-OH is 1. The van der Waals surface area contributed by atoms with Gasteiger partial charge in [-0.3, -0.25) is 0 Å². The fraction of sp³-hybridized carbons (Fsp3) is 0.500. The molecule has 3 rings (SSSR count). The molecule has 2 aromatic carbocycles. The van der Waals surface area contributed by atoms with Gasteiger partial charge in [-0.15, -0.1) is 0 Å². The van der Waals surface area contributed by atoms with Crippen molar-refractivity contribution in [3.05, 3.63) is 53.6 Å². The van der Waals surface area contributed by atoms with Gasteiger partial charge in [0, 0.05) is 17.6 Å². The van der Waals surface area contributed by atoms with Crippen molar-refractivity contribution in [2.24, 2.45) is 0 Å². The summed E-state index contributed by atoms with van der Waals surface area (Å²) in [7, 11) is 0. The third kappa shape index (κ3) is 6.67. The van der Waals surface area contributed by atoms with E-state index in [-0.39, 0.29) is 17.2 Å². The highest BCUT2D eigenvalue weighted by molar-refractivity contribution is 7.20. The molecule has 0 aliphatic carbocycles. The largest absolute Gasteiger partial charge is 0.486 e. The quantitative estimate of drug-likeness (QED) is 0.419. The Morgan fingerprint density at radius 2 is 1.72 bits per heavy atom. The number of hydrogen-bond donors (Lipinski definition) is 2. The summed E-state index contributed by atoms with van der Waals surface area (Å²) < 4.78 is 12.9. The Labute approximate surface area is 195 Å². The number of aliphatic hydroxyl groups is 1. The Morgan fingerprint density at radius 3 is 2.34 bits per heavy atom. The van der Waals surface area contributed by atoms with Gasteiger partial charge in [0.25, 0.3) is 5.19 Å². The van der Waals surface area contributed by atoms with Crippen molar-refractivity contribution in [1.82, 2.24) is 10.3 Å². The normalized spacial score (nSPS) is 13.5. The van der Waals surface area contributed by atoms with Crippen LogP contribution in [0.1, 0.15) is 65.7 Å². The minimum absolute atomic E-state index is 0.0244. The highest BCUT2D eigenvalue weighted by Crippen LogP contribution is 2.40. The summed E-state index contributed by atoms with van der Waals surface area (Å²) in [5.74, 6) is 0.704. The second-order valence-corrected chi connectivity index (χ2v) is 11.1. The maximum absolute atomic E-state index is 11.1. The van der Waals surface area contributed by atoms with Crippen LogP contribution in [0.4, 0.5) is 0 Å². The molecule has 0 fully saturated rings. The van der Waals surface area contributed by atoms with Crippen molar-refractivity contribution >= 4 is 21.6 Å². The lowest BCUT2D eigenvalue weighted by Gasteiger charge is -2.28. The molecule has 6 heteroatoms. The van der Waals surface area contributed by atoms with Gasteiger partial charge in [0.05, 0.1) is 16.9 Å². The van der Waals surface area contributed by atoms with E-state index < -0.39 is 6.10 Å². The van der Waals surface area contributed by atoms with Gasteiger partial charge in [0.1, 0.15) is 16.9 Å². The first-order valence-electron chi connectivity index (χ1n) is 11.2. The maximum Gasteiger partial charge on any atom is 0.274 e. The van der Waals surface area contributed by atoms with Crippen LogP contribution in [-0.2, 0) is 6.42 Å². The van der Waals surface area contributed by atoms with Gasteiger partial charge in [-0.05, 0) is 66.5 Å². The summed E-state index contributed by atoms with van der Waals surface area (Å²) >= 11 is 1.46. The topological polar surface area (TPSA) is 63.6 Å². The Kier molecular flexibility index (Phi) is 7.48. The van der Waals surface area contributed by atoms with Gasteiger partial charge in [-0.2, -0.15) is 4.98 Å². The Balaban J connectivity index is 1.83. The third-order valence-corrected chi connectivity index (χ3v) is 5.89. The van der Waals surface area contributed by atoms with Gasteiger partial charge < -0.3 is 19.9 Å². The Morgan fingerprint density at radius 1 is 1.03 bits per heavy atom. The molecule has 0 amide bonds. The zero-order chi connectivity index (χ0) is 23.5. The predicted molar refractivity (Wildman–Crippen MR) is 133 cm³/mol. The first-order valence-corrected chi connectivity index (χ1v) is 12.0. The zero-order valence-electron chi connectivity index (χ0n) is 20.2. The van der Waals surface area contributed by atoms with Crippen molar-refractivity contribution in [2.45, 2.75) is 78.2 Å². The van der Waals surface area contributed by atoms with Crippen LogP contribution < -0.4 is 14.8 Å². The smallest absolute Gasteiger partial charge is 0.274 e. The van der Waals surface area contributed by atoms with Crippen molar-refractivity contribution in [2.75, 3.05) is 6.54 Å². The lowest BCUT2D eigenvalue weighted by Crippen LogP contribution is -2.43. The lowest BCUT2D eigenvalue weighted by atomic mass is 9.94. The summed E-state index contributed by atoms with van der Waals surface area (Å²) in [5.41, 5.74) is 2.33. The van der Waals surface area contributed by atoms with E-state index in [2.05, 4.69) is 48.4 Å². The van der Waals surface area contributed by atoms with Crippen molar-refractivity contribution in [3.8, 4) is 10.9 Å². The highest BCUT2D eigenvalue weighted by Gasteiger charge is 2.24. The van der Waals surface area contributed by atoms with Gasteiger partial charge in [-0.1, -0.05) is 47.7 Å². The van der Waals surface area contributed by atoms with Gasteiger partial charge >= 0.3 is 0 Å². The number of rotatable bonds is 9. The van der Waals surface area contributed by atoms with Crippen LogP contribution in [0.2, 0.25) is 0 Å². The molecule has 1 aromatic heterocycles. The second-order valence-electron chi connectivity index (χ2n) is 10.1. The predicted octanol–water partition coefficient (Wildman–Crippen LogP) is 5.91. The van der Waals surface area contributed by atoms with Crippen LogP contribution in [0.5, 0.6) is 10.9 Å². The molecule has 0 spiro atoms. The molecule has 0 aliphatic heterocycles. The molecule has 0 saturated heterocycles. The standard InChI is InChI=1S/C26H36N2O3S/c1-17(2)30-24-28-22-21(31-25(3,4)5)14-13-19(23(22)32-24)20(29)16-27-26(6,7)15-18-11-9-8-10-12-18/h8-14,17,20,27,29H,15-16H2,1-7H3/t20-/m0/s1.